The van der Waals surface area contributed by atoms with Gasteiger partial charge >= 0.3 is 0 Å². The van der Waals surface area contributed by atoms with Crippen molar-refractivity contribution in [2.24, 2.45) is 0 Å². The first-order valence-corrected chi connectivity index (χ1v) is 6.41. The Labute approximate surface area is 104 Å². The molecule has 0 aromatic heterocycles. The van der Waals surface area contributed by atoms with E-state index in [0.717, 1.165) is 18.7 Å². The van der Waals surface area contributed by atoms with Gasteiger partial charge in [0.05, 0.1) is 6.10 Å². The second kappa shape index (κ2) is 8.09. The highest BCUT2D eigenvalue weighted by atomic mass is 16.3. The summed E-state index contributed by atoms with van der Waals surface area (Å²) in [5.41, 5.74) is 2.31. The minimum Gasteiger partial charge on any atom is -0.390 e. The highest BCUT2D eigenvalue weighted by Crippen LogP contribution is 2.08. The molecule has 1 aromatic rings. The van der Waals surface area contributed by atoms with Gasteiger partial charge in [0.2, 0.25) is 0 Å². The molecule has 0 radical (unpaired) electrons. The Morgan fingerprint density at radius 3 is 2.53 bits per heavy atom. The highest BCUT2D eigenvalue weighted by molar-refractivity contribution is 5.44. The van der Waals surface area contributed by atoms with Crippen LogP contribution in [0.15, 0.2) is 24.3 Å². The van der Waals surface area contributed by atoms with Gasteiger partial charge in [-0.3, -0.25) is 0 Å². The Morgan fingerprint density at radius 1 is 1.18 bits per heavy atom. The lowest BCUT2D eigenvalue weighted by Gasteiger charge is -2.13. The molecule has 0 amide bonds. The van der Waals surface area contributed by atoms with E-state index >= 15 is 0 Å². The van der Waals surface area contributed by atoms with E-state index in [1.165, 1.54) is 12.0 Å². The van der Waals surface area contributed by atoms with E-state index in [0.29, 0.717) is 13.1 Å². The van der Waals surface area contributed by atoms with Gasteiger partial charge in [0.25, 0.3) is 0 Å². The molecule has 0 bridgehead atoms. The van der Waals surface area contributed by atoms with Crippen LogP contribution in [0.1, 0.15) is 25.3 Å². The van der Waals surface area contributed by atoms with E-state index in [2.05, 4.69) is 36.6 Å². The first-order valence-electron chi connectivity index (χ1n) is 6.41. The average molecular weight is 236 g/mol. The van der Waals surface area contributed by atoms with Crippen molar-refractivity contribution in [3.63, 3.8) is 0 Å². The number of rotatable bonds is 8. The van der Waals surface area contributed by atoms with E-state index in [1.54, 1.807) is 0 Å². The van der Waals surface area contributed by atoms with Gasteiger partial charge in [-0.1, -0.05) is 31.0 Å². The Bertz CT molecular complexity index is 298. The summed E-state index contributed by atoms with van der Waals surface area (Å²) in [5, 5.41) is 16.2. The van der Waals surface area contributed by atoms with Gasteiger partial charge in [-0.15, -0.1) is 0 Å². The van der Waals surface area contributed by atoms with Crippen LogP contribution in [0.2, 0.25) is 0 Å². The van der Waals surface area contributed by atoms with E-state index in [9.17, 15) is 5.11 Å². The zero-order chi connectivity index (χ0) is 12.5. The first kappa shape index (κ1) is 14.0. The van der Waals surface area contributed by atoms with E-state index in [1.807, 2.05) is 12.1 Å². The van der Waals surface area contributed by atoms with Crippen molar-refractivity contribution in [2.45, 2.75) is 32.8 Å². The maximum Gasteiger partial charge on any atom is 0.0836 e. The summed E-state index contributed by atoms with van der Waals surface area (Å²) in [4.78, 5) is 0. The predicted molar refractivity (Wildman–Crippen MR) is 73.5 cm³/mol. The van der Waals surface area contributed by atoms with Crippen molar-refractivity contribution in [3.8, 4) is 0 Å². The minimum absolute atomic E-state index is 0.340. The number of unbranched alkanes of at least 4 members (excludes halogenated alkanes) is 1. The number of aryl methyl sites for hydroxylation is 1. The van der Waals surface area contributed by atoms with E-state index < -0.39 is 0 Å². The molecule has 3 nitrogen and oxygen atoms in total. The van der Waals surface area contributed by atoms with Crippen molar-refractivity contribution in [1.82, 2.24) is 5.32 Å². The third-order valence-corrected chi connectivity index (χ3v) is 2.68. The summed E-state index contributed by atoms with van der Waals surface area (Å²) in [7, 11) is 0. The third-order valence-electron chi connectivity index (χ3n) is 2.68. The van der Waals surface area contributed by atoms with E-state index in [4.69, 9.17) is 0 Å². The summed E-state index contributed by atoms with van der Waals surface area (Å²) in [6.45, 7) is 6.45. The largest absolute Gasteiger partial charge is 0.390 e. The molecule has 0 fully saturated rings. The fraction of sp³-hybridized carbons (Fsp3) is 0.571. The number of aliphatic hydroxyl groups excluding tert-OH is 1. The zero-order valence-corrected chi connectivity index (χ0v) is 10.9. The molecule has 0 aliphatic heterocycles. The summed E-state index contributed by atoms with van der Waals surface area (Å²) in [5.74, 6) is 0. The monoisotopic (exact) mass is 236 g/mol. The van der Waals surface area contributed by atoms with Gasteiger partial charge in [0, 0.05) is 18.8 Å². The molecule has 1 unspecified atom stereocenters. The SMILES string of the molecule is CCCCNCC(O)CNc1ccc(C)cc1. The van der Waals surface area contributed by atoms with Crippen molar-refractivity contribution in [2.75, 3.05) is 25.0 Å². The lowest BCUT2D eigenvalue weighted by atomic mass is 10.2. The molecule has 0 saturated heterocycles. The second-order valence-corrected chi connectivity index (χ2v) is 4.46. The van der Waals surface area contributed by atoms with Crippen LogP contribution in [-0.2, 0) is 0 Å². The molecular weight excluding hydrogens is 212 g/mol. The zero-order valence-electron chi connectivity index (χ0n) is 10.9. The molecule has 0 spiro atoms. The number of hydrogen-bond acceptors (Lipinski definition) is 3. The maximum atomic E-state index is 9.74. The molecule has 1 rings (SSSR count). The molecule has 96 valence electrons. The summed E-state index contributed by atoms with van der Waals surface area (Å²) in [6, 6.07) is 8.20. The van der Waals surface area contributed by atoms with Crippen LogP contribution in [0.25, 0.3) is 0 Å². The van der Waals surface area contributed by atoms with Gasteiger partial charge in [0.15, 0.2) is 0 Å². The Morgan fingerprint density at radius 2 is 1.88 bits per heavy atom. The van der Waals surface area contributed by atoms with E-state index in [-0.39, 0.29) is 6.10 Å². The lowest BCUT2D eigenvalue weighted by molar-refractivity contribution is 0.184. The Kier molecular flexibility index (Phi) is 6.67. The fourth-order valence-electron chi connectivity index (χ4n) is 1.55. The first-order chi connectivity index (χ1) is 8.22. The van der Waals surface area contributed by atoms with Crippen LogP contribution in [0.4, 0.5) is 5.69 Å². The van der Waals surface area contributed by atoms with Gasteiger partial charge in [-0.25, -0.2) is 0 Å². The number of anilines is 1. The number of hydrogen-bond donors (Lipinski definition) is 3. The van der Waals surface area contributed by atoms with Crippen LogP contribution < -0.4 is 10.6 Å². The summed E-state index contributed by atoms with van der Waals surface area (Å²) in [6.07, 6.45) is 2.01. The van der Waals surface area contributed by atoms with Crippen molar-refractivity contribution in [1.29, 1.82) is 0 Å². The number of aliphatic hydroxyl groups is 1. The smallest absolute Gasteiger partial charge is 0.0836 e. The summed E-state index contributed by atoms with van der Waals surface area (Å²) >= 11 is 0. The normalized spacial score (nSPS) is 12.4. The molecule has 1 aromatic carbocycles. The number of nitrogens with one attached hydrogen (secondary N) is 2. The molecule has 0 aliphatic carbocycles. The fourth-order valence-corrected chi connectivity index (χ4v) is 1.55. The van der Waals surface area contributed by atoms with Crippen molar-refractivity contribution < 1.29 is 5.11 Å². The van der Waals surface area contributed by atoms with Gasteiger partial charge in [0.1, 0.15) is 0 Å². The molecule has 0 aliphatic rings. The topological polar surface area (TPSA) is 44.3 Å². The van der Waals surface area contributed by atoms with Crippen LogP contribution in [0.3, 0.4) is 0 Å². The average Bonchev–Trinajstić information content (AvgIpc) is 2.34. The predicted octanol–water partition coefficient (Wildman–Crippen LogP) is 2.16. The van der Waals surface area contributed by atoms with Crippen LogP contribution in [-0.4, -0.2) is 30.8 Å². The molecule has 3 N–H and O–H groups in total. The Balaban J connectivity index is 2.14. The van der Waals surface area contributed by atoms with Crippen LogP contribution >= 0.6 is 0 Å². The Hall–Kier alpha value is -1.06. The quantitative estimate of drug-likeness (QED) is 0.606. The van der Waals surface area contributed by atoms with Crippen molar-refractivity contribution >= 4 is 5.69 Å². The van der Waals surface area contributed by atoms with Gasteiger partial charge < -0.3 is 15.7 Å². The molecule has 0 heterocycles. The lowest BCUT2D eigenvalue weighted by Crippen LogP contribution is -2.32. The molecule has 17 heavy (non-hydrogen) atoms. The number of benzene rings is 1. The van der Waals surface area contributed by atoms with Crippen LogP contribution in [0.5, 0.6) is 0 Å². The van der Waals surface area contributed by atoms with Crippen LogP contribution in [0, 0.1) is 6.92 Å². The summed E-state index contributed by atoms with van der Waals surface area (Å²) < 4.78 is 0. The molecule has 0 saturated carbocycles. The van der Waals surface area contributed by atoms with Crippen molar-refractivity contribution in [3.05, 3.63) is 29.8 Å². The molecular formula is C14H24N2O. The maximum absolute atomic E-state index is 9.74. The highest BCUT2D eigenvalue weighted by Gasteiger charge is 2.02. The minimum atomic E-state index is -0.340. The molecule has 1 atom stereocenters. The van der Waals surface area contributed by atoms with Gasteiger partial charge in [-0.2, -0.15) is 0 Å². The van der Waals surface area contributed by atoms with Gasteiger partial charge in [-0.05, 0) is 32.0 Å². The standard InChI is InChI=1S/C14H24N2O/c1-3-4-9-15-10-14(17)11-16-13-7-5-12(2)6-8-13/h5-8,14-17H,3-4,9-11H2,1-2H3. The molecule has 3 heteroatoms. The third kappa shape index (κ3) is 6.29. The second-order valence-electron chi connectivity index (χ2n) is 4.46.